The van der Waals surface area contributed by atoms with Crippen LogP contribution in [0, 0.1) is 5.92 Å². The molecule has 2 aliphatic rings. The van der Waals surface area contributed by atoms with Crippen LogP contribution >= 0.6 is 0 Å². The average molecular weight is 357 g/mol. The third-order valence-electron chi connectivity index (χ3n) is 5.22. The summed E-state index contributed by atoms with van der Waals surface area (Å²) < 4.78 is 10.6. The Kier molecular flexibility index (Phi) is 4.88. The van der Waals surface area contributed by atoms with Crippen LogP contribution in [0.25, 0.3) is 11.0 Å². The predicted molar refractivity (Wildman–Crippen MR) is 94.4 cm³/mol. The summed E-state index contributed by atoms with van der Waals surface area (Å²) in [6.45, 7) is 3.68. The van der Waals surface area contributed by atoms with Crippen LogP contribution in [0.15, 0.2) is 28.8 Å². The van der Waals surface area contributed by atoms with Gasteiger partial charge in [-0.2, -0.15) is 0 Å². The van der Waals surface area contributed by atoms with Crippen LogP contribution < -0.4 is 0 Å². The summed E-state index contributed by atoms with van der Waals surface area (Å²) in [4.78, 5) is 29.1. The van der Waals surface area contributed by atoms with Crippen molar-refractivity contribution in [2.75, 3.05) is 39.4 Å². The van der Waals surface area contributed by atoms with Crippen molar-refractivity contribution in [3.63, 3.8) is 0 Å². The number of aromatic nitrogens is 1. The molecule has 2 amide bonds. The molecule has 7 heteroatoms. The maximum atomic E-state index is 12.8. The zero-order chi connectivity index (χ0) is 17.9. The van der Waals surface area contributed by atoms with E-state index in [2.05, 4.69) is 5.16 Å². The maximum Gasteiger partial charge on any atom is 0.228 e. The Hall–Kier alpha value is -2.41. The van der Waals surface area contributed by atoms with E-state index in [1.165, 1.54) is 0 Å². The lowest BCUT2D eigenvalue weighted by molar-refractivity contribution is -0.143. The summed E-state index contributed by atoms with van der Waals surface area (Å²) in [5.74, 6) is 0.0427. The van der Waals surface area contributed by atoms with E-state index in [0.29, 0.717) is 50.7 Å². The van der Waals surface area contributed by atoms with Crippen molar-refractivity contribution < 1.29 is 18.8 Å². The molecule has 2 aromatic rings. The van der Waals surface area contributed by atoms with Crippen LogP contribution in [0.3, 0.4) is 0 Å². The number of nitrogens with zero attached hydrogens (tertiary/aromatic N) is 3. The van der Waals surface area contributed by atoms with E-state index in [1.54, 1.807) is 4.90 Å². The van der Waals surface area contributed by atoms with Crippen molar-refractivity contribution in [1.82, 2.24) is 15.0 Å². The third kappa shape index (κ3) is 3.44. The second kappa shape index (κ2) is 7.45. The molecule has 4 rings (SSSR count). The minimum atomic E-state index is -0.111. The number of fused-ring (bicyclic) bond motifs is 1. The van der Waals surface area contributed by atoms with Crippen LogP contribution in [0.1, 0.15) is 18.5 Å². The molecule has 0 spiro atoms. The Labute approximate surface area is 151 Å². The number of rotatable bonds is 3. The SMILES string of the molecule is O=C(Cc1noc2ccccc12)N1CCCC(C(=O)N2CCOCC2)C1. The highest BCUT2D eigenvalue weighted by atomic mass is 16.5. The second-order valence-corrected chi connectivity index (χ2v) is 6.92. The zero-order valence-corrected chi connectivity index (χ0v) is 14.7. The normalized spacial score (nSPS) is 21.2. The Morgan fingerprint density at radius 2 is 1.92 bits per heavy atom. The number of amides is 2. The molecule has 1 aromatic heterocycles. The first-order valence-corrected chi connectivity index (χ1v) is 9.20. The molecule has 0 saturated carbocycles. The molecule has 1 atom stereocenters. The summed E-state index contributed by atoms with van der Waals surface area (Å²) in [6.07, 6.45) is 1.90. The monoisotopic (exact) mass is 357 g/mol. The van der Waals surface area contributed by atoms with E-state index >= 15 is 0 Å². The number of carbonyl (C=O) groups is 2. The number of hydrogen-bond donors (Lipinski definition) is 0. The molecule has 1 aromatic carbocycles. The van der Waals surface area contributed by atoms with Crippen LogP contribution in [-0.2, 0) is 20.7 Å². The van der Waals surface area contributed by atoms with Gasteiger partial charge in [0, 0.05) is 31.6 Å². The van der Waals surface area contributed by atoms with Crippen molar-refractivity contribution in [3.8, 4) is 0 Å². The first-order chi connectivity index (χ1) is 12.7. The van der Waals surface area contributed by atoms with Crippen LogP contribution in [0.2, 0.25) is 0 Å². The van der Waals surface area contributed by atoms with Gasteiger partial charge in [0.1, 0.15) is 5.69 Å². The smallest absolute Gasteiger partial charge is 0.228 e. The van der Waals surface area contributed by atoms with Gasteiger partial charge in [-0.25, -0.2) is 0 Å². The van der Waals surface area contributed by atoms with Gasteiger partial charge in [-0.05, 0) is 25.0 Å². The number of likely N-dealkylation sites (tertiary alicyclic amines) is 1. The summed E-state index contributed by atoms with van der Waals surface area (Å²) >= 11 is 0. The molecule has 0 bridgehead atoms. The Balaban J connectivity index is 1.40. The number of para-hydroxylation sites is 1. The van der Waals surface area contributed by atoms with E-state index in [-0.39, 0.29) is 24.2 Å². The quantitative estimate of drug-likeness (QED) is 0.831. The Morgan fingerprint density at radius 1 is 1.12 bits per heavy atom. The molecule has 7 nitrogen and oxygen atoms in total. The highest BCUT2D eigenvalue weighted by molar-refractivity contribution is 5.87. The molecule has 1 unspecified atom stereocenters. The van der Waals surface area contributed by atoms with Crippen LogP contribution in [-0.4, -0.2) is 66.2 Å². The van der Waals surface area contributed by atoms with Gasteiger partial charge >= 0.3 is 0 Å². The van der Waals surface area contributed by atoms with E-state index in [0.717, 1.165) is 18.2 Å². The minimum Gasteiger partial charge on any atom is -0.378 e. The number of hydrogen-bond acceptors (Lipinski definition) is 5. The van der Waals surface area contributed by atoms with Crippen molar-refractivity contribution in [3.05, 3.63) is 30.0 Å². The molecule has 0 aliphatic carbocycles. The molecule has 0 N–H and O–H groups in total. The summed E-state index contributed by atoms with van der Waals surface area (Å²) in [7, 11) is 0. The molecule has 0 radical (unpaired) electrons. The van der Waals surface area contributed by atoms with Gasteiger partial charge in [-0.3, -0.25) is 9.59 Å². The lowest BCUT2D eigenvalue weighted by Gasteiger charge is -2.36. The average Bonchev–Trinajstić information content (AvgIpc) is 3.11. The molecular formula is C19H23N3O4. The maximum absolute atomic E-state index is 12.8. The lowest BCUT2D eigenvalue weighted by Crippen LogP contribution is -2.49. The van der Waals surface area contributed by atoms with E-state index in [1.807, 2.05) is 29.2 Å². The van der Waals surface area contributed by atoms with Gasteiger partial charge in [-0.15, -0.1) is 0 Å². The van der Waals surface area contributed by atoms with E-state index < -0.39 is 0 Å². The van der Waals surface area contributed by atoms with Gasteiger partial charge in [-0.1, -0.05) is 17.3 Å². The van der Waals surface area contributed by atoms with Crippen LogP contribution in [0.4, 0.5) is 0 Å². The topological polar surface area (TPSA) is 75.9 Å². The van der Waals surface area contributed by atoms with Gasteiger partial charge < -0.3 is 19.1 Å². The number of benzene rings is 1. The van der Waals surface area contributed by atoms with Crippen molar-refractivity contribution in [1.29, 1.82) is 0 Å². The van der Waals surface area contributed by atoms with Crippen molar-refractivity contribution in [2.24, 2.45) is 5.92 Å². The number of carbonyl (C=O) groups excluding carboxylic acids is 2. The summed E-state index contributed by atoms with van der Waals surface area (Å²) in [5.41, 5.74) is 1.35. The predicted octanol–water partition coefficient (Wildman–Crippen LogP) is 1.47. The molecule has 2 saturated heterocycles. The molecular weight excluding hydrogens is 334 g/mol. The molecule has 3 heterocycles. The van der Waals surface area contributed by atoms with E-state index in [4.69, 9.17) is 9.26 Å². The van der Waals surface area contributed by atoms with Crippen LogP contribution in [0.5, 0.6) is 0 Å². The van der Waals surface area contributed by atoms with E-state index in [9.17, 15) is 9.59 Å². The molecule has 26 heavy (non-hydrogen) atoms. The summed E-state index contributed by atoms with van der Waals surface area (Å²) in [5, 5.41) is 4.92. The Morgan fingerprint density at radius 3 is 2.77 bits per heavy atom. The fourth-order valence-electron chi connectivity index (χ4n) is 3.77. The first kappa shape index (κ1) is 17.0. The second-order valence-electron chi connectivity index (χ2n) is 6.92. The molecule has 2 fully saturated rings. The van der Waals surface area contributed by atoms with Gasteiger partial charge in [0.15, 0.2) is 5.58 Å². The molecule has 138 valence electrons. The highest BCUT2D eigenvalue weighted by Crippen LogP contribution is 2.22. The number of morpholine rings is 1. The minimum absolute atomic E-state index is 0.00327. The zero-order valence-electron chi connectivity index (χ0n) is 14.7. The third-order valence-corrected chi connectivity index (χ3v) is 5.22. The number of ether oxygens (including phenoxy) is 1. The Bertz CT molecular complexity index is 797. The number of piperidine rings is 1. The standard InChI is InChI=1S/C19H23N3O4/c23-18(12-16-15-5-1-2-6-17(15)26-20-16)22-7-3-4-14(13-22)19(24)21-8-10-25-11-9-21/h1-2,5-6,14H,3-4,7-13H2. The largest absolute Gasteiger partial charge is 0.378 e. The van der Waals surface area contributed by atoms with Gasteiger partial charge in [0.2, 0.25) is 11.8 Å². The fourth-order valence-corrected chi connectivity index (χ4v) is 3.77. The van der Waals surface area contributed by atoms with Crippen molar-refractivity contribution in [2.45, 2.75) is 19.3 Å². The van der Waals surface area contributed by atoms with Gasteiger partial charge in [0.05, 0.1) is 25.6 Å². The fraction of sp³-hybridized carbons (Fsp3) is 0.526. The summed E-state index contributed by atoms with van der Waals surface area (Å²) in [6, 6.07) is 7.54. The van der Waals surface area contributed by atoms with Gasteiger partial charge in [0.25, 0.3) is 0 Å². The first-order valence-electron chi connectivity index (χ1n) is 9.20. The van der Waals surface area contributed by atoms with Crippen molar-refractivity contribution >= 4 is 22.8 Å². The lowest BCUT2D eigenvalue weighted by atomic mass is 9.96. The highest BCUT2D eigenvalue weighted by Gasteiger charge is 2.32. The molecule has 2 aliphatic heterocycles.